The average molecular weight is 270 g/mol. The maximum absolute atomic E-state index is 5.58. The Morgan fingerprint density at radius 3 is 2.50 bits per heavy atom. The van der Waals surface area contributed by atoms with Crippen LogP contribution < -0.4 is 5.32 Å². The van der Waals surface area contributed by atoms with E-state index in [1.165, 1.54) is 24.8 Å². The van der Waals surface area contributed by atoms with Crippen LogP contribution in [0.4, 0.5) is 0 Å². The summed E-state index contributed by atoms with van der Waals surface area (Å²) in [5.74, 6) is 0.888. The van der Waals surface area contributed by atoms with Crippen LogP contribution in [0.3, 0.4) is 0 Å². The Bertz CT molecular complexity index is 574. The Balaban J connectivity index is 1.79. The Morgan fingerprint density at radius 1 is 1.20 bits per heavy atom. The highest BCUT2D eigenvalue weighted by molar-refractivity contribution is 5.60. The van der Waals surface area contributed by atoms with Gasteiger partial charge in [-0.2, -0.15) is 0 Å². The summed E-state index contributed by atoms with van der Waals surface area (Å²) in [4.78, 5) is 4.33. The molecule has 0 spiro atoms. The number of nitrogens with one attached hydrogen (secondary N) is 1. The molecule has 1 fully saturated rings. The van der Waals surface area contributed by atoms with Gasteiger partial charge in [-0.05, 0) is 23.8 Å². The van der Waals surface area contributed by atoms with E-state index in [0.717, 1.165) is 23.6 Å². The van der Waals surface area contributed by atoms with E-state index >= 15 is 0 Å². The Morgan fingerprint density at radius 2 is 1.90 bits per heavy atom. The summed E-state index contributed by atoms with van der Waals surface area (Å²) in [6.07, 6.45) is 4.11. The molecule has 1 aliphatic rings. The third-order valence-corrected chi connectivity index (χ3v) is 3.79. The van der Waals surface area contributed by atoms with Crippen LogP contribution >= 0.6 is 0 Å². The minimum Gasteiger partial charge on any atom is -0.443 e. The number of oxazole rings is 1. The maximum atomic E-state index is 5.58. The van der Waals surface area contributed by atoms with Crippen molar-refractivity contribution in [3.05, 3.63) is 41.9 Å². The first-order chi connectivity index (χ1) is 9.54. The smallest absolute Gasteiger partial charge is 0.181 e. The molecule has 3 nitrogen and oxygen atoms in total. The second-order valence-electron chi connectivity index (χ2n) is 6.61. The van der Waals surface area contributed by atoms with E-state index in [0.29, 0.717) is 6.04 Å². The molecule has 1 aromatic carbocycles. The first-order valence-corrected chi connectivity index (χ1v) is 7.31. The van der Waals surface area contributed by atoms with Gasteiger partial charge in [-0.15, -0.1) is 0 Å². The molecular weight excluding hydrogens is 248 g/mol. The van der Waals surface area contributed by atoms with Crippen LogP contribution in [-0.2, 0) is 12.0 Å². The Hall–Kier alpha value is -1.61. The molecule has 1 aliphatic carbocycles. The van der Waals surface area contributed by atoms with Crippen molar-refractivity contribution in [1.82, 2.24) is 10.3 Å². The van der Waals surface area contributed by atoms with Crippen LogP contribution in [0.5, 0.6) is 0 Å². The topological polar surface area (TPSA) is 38.1 Å². The lowest BCUT2D eigenvalue weighted by Crippen LogP contribution is -2.16. The Kier molecular flexibility index (Phi) is 3.38. The summed E-state index contributed by atoms with van der Waals surface area (Å²) >= 11 is 0. The van der Waals surface area contributed by atoms with Crippen LogP contribution in [0.25, 0.3) is 11.3 Å². The van der Waals surface area contributed by atoms with Gasteiger partial charge in [-0.1, -0.05) is 45.0 Å². The summed E-state index contributed by atoms with van der Waals surface area (Å²) in [6.45, 7) is 7.46. The third kappa shape index (κ3) is 2.93. The van der Waals surface area contributed by atoms with Crippen LogP contribution in [0.1, 0.15) is 44.9 Å². The summed E-state index contributed by atoms with van der Waals surface area (Å²) < 4.78 is 5.58. The summed E-state index contributed by atoms with van der Waals surface area (Å²) in [6, 6.07) is 9.29. The zero-order valence-electron chi connectivity index (χ0n) is 12.4. The molecule has 0 atom stereocenters. The second-order valence-corrected chi connectivity index (χ2v) is 6.61. The molecule has 0 saturated heterocycles. The highest BCUT2D eigenvalue weighted by Gasteiger charge is 2.22. The maximum Gasteiger partial charge on any atom is 0.181 e. The number of hydrogen-bond donors (Lipinski definition) is 1. The SMILES string of the molecule is CC(C)(C)c1ccc(-c2ocnc2CNC2CC2)cc1. The van der Waals surface area contributed by atoms with Gasteiger partial charge >= 0.3 is 0 Å². The molecule has 0 amide bonds. The number of aromatic nitrogens is 1. The molecular formula is C17H22N2O. The molecule has 1 N–H and O–H groups in total. The van der Waals surface area contributed by atoms with E-state index in [9.17, 15) is 0 Å². The molecule has 2 aromatic rings. The van der Waals surface area contributed by atoms with E-state index in [1.54, 1.807) is 0 Å². The highest BCUT2D eigenvalue weighted by Crippen LogP contribution is 2.28. The summed E-state index contributed by atoms with van der Waals surface area (Å²) in [7, 11) is 0. The van der Waals surface area contributed by atoms with Crippen molar-refractivity contribution in [2.24, 2.45) is 0 Å². The lowest BCUT2D eigenvalue weighted by Gasteiger charge is -2.19. The van der Waals surface area contributed by atoms with Gasteiger partial charge in [0.25, 0.3) is 0 Å². The molecule has 1 saturated carbocycles. The van der Waals surface area contributed by atoms with Crippen molar-refractivity contribution in [1.29, 1.82) is 0 Å². The zero-order valence-corrected chi connectivity index (χ0v) is 12.4. The molecule has 0 aliphatic heterocycles. The number of benzene rings is 1. The molecule has 3 heteroatoms. The van der Waals surface area contributed by atoms with E-state index in [1.807, 2.05) is 0 Å². The molecule has 1 heterocycles. The normalized spacial score (nSPS) is 15.6. The first-order valence-electron chi connectivity index (χ1n) is 7.31. The van der Waals surface area contributed by atoms with E-state index in [2.05, 4.69) is 55.3 Å². The monoisotopic (exact) mass is 270 g/mol. The Labute approximate surface area is 120 Å². The molecule has 0 bridgehead atoms. The van der Waals surface area contributed by atoms with Gasteiger partial charge in [0.15, 0.2) is 12.2 Å². The molecule has 106 valence electrons. The van der Waals surface area contributed by atoms with Gasteiger partial charge in [0.2, 0.25) is 0 Å². The van der Waals surface area contributed by atoms with E-state index < -0.39 is 0 Å². The molecule has 3 rings (SSSR count). The van der Waals surface area contributed by atoms with E-state index in [4.69, 9.17) is 4.42 Å². The molecule has 0 unspecified atom stereocenters. The van der Waals surface area contributed by atoms with Crippen molar-refractivity contribution < 1.29 is 4.42 Å². The fraction of sp³-hybridized carbons (Fsp3) is 0.471. The van der Waals surface area contributed by atoms with Crippen LogP contribution in [-0.4, -0.2) is 11.0 Å². The van der Waals surface area contributed by atoms with Gasteiger partial charge in [0.1, 0.15) is 5.69 Å². The van der Waals surface area contributed by atoms with Crippen LogP contribution in [0, 0.1) is 0 Å². The van der Waals surface area contributed by atoms with Crippen LogP contribution in [0.15, 0.2) is 35.1 Å². The van der Waals surface area contributed by atoms with Crippen molar-refractivity contribution in [3.8, 4) is 11.3 Å². The number of nitrogens with zero attached hydrogens (tertiary/aromatic N) is 1. The van der Waals surface area contributed by atoms with Crippen molar-refractivity contribution in [2.75, 3.05) is 0 Å². The van der Waals surface area contributed by atoms with Gasteiger partial charge < -0.3 is 9.73 Å². The highest BCUT2D eigenvalue weighted by atomic mass is 16.3. The molecule has 1 aromatic heterocycles. The lowest BCUT2D eigenvalue weighted by atomic mass is 9.86. The second kappa shape index (κ2) is 5.06. The summed E-state index contributed by atoms with van der Waals surface area (Å²) in [5.41, 5.74) is 3.61. The standard InChI is InChI=1S/C17H22N2O/c1-17(2,3)13-6-4-12(5-7-13)16-15(19-11-20-16)10-18-14-8-9-14/h4-7,11,14,18H,8-10H2,1-3H3. The number of rotatable bonds is 4. The van der Waals surface area contributed by atoms with Gasteiger partial charge in [-0.25, -0.2) is 4.98 Å². The van der Waals surface area contributed by atoms with Crippen molar-refractivity contribution >= 4 is 0 Å². The van der Waals surface area contributed by atoms with E-state index in [-0.39, 0.29) is 5.41 Å². The summed E-state index contributed by atoms with van der Waals surface area (Å²) in [5, 5.41) is 3.48. The predicted octanol–water partition coefficient (Wildman–Crippen LogP) is 3.89. The quantitative estimate of drug-likeness (QED) is 0.916. The van der Waals surface area contributed by atoms with Crippen LogP contribution in [0.2, 0.25) is 0 Å². The molecule has 20 heavy (non-hydrogen) atoms. The lowest BCUT2D eigenvalue weighted by molar-refractivity contribution is 0.568. The third-order valence-electron chi connectivity index (χ3n) is 3.79. The average Bonchev–Trinajstić information content (AvgIpc) is 3.12. The van der Waals surface area contributed by atoms with Gasteiger partial charge in [0, 0.05) is 18.2 Å². The minimum absolute atomic E-state index is 0.177. The predicted molar refractivity (Wildman–Crippen MR) is 80.5 cm³/mol. The fourth-order valence-corrected chi connectivity index (χ4v) is 2.28. The van der Waals surface area contributed by atoms with Gasteiger partial charge in [0.05, 0.1) is 0 Å². The minimum atomic E-state index is 0.177. The zero-order chi connectivity index (χ0) is 14.2. The van der Waals surface area contributed by atoms with Gasteiger partial charge in [-0.3, -0.25) is 0 Å². The van der Waals surface area contributed by atoms with Crippen molar-refractivity contribution in [2.45, 2.75) is 51.6 Å². The number of hydrogen-bond acceptors (Lipinski definition) is 3. The van der Waals surface area contributed by atoms with Crippen molar-refractivity contribution in [3.63, 3.8) is 0 Å². The largest absolute Gasteiger partial charge is 0.443 e. The molecule has 0 radical (unpaired) electrons. The fourth-order valence-electron chi connectivity index (χ4n) is 2.28. The first kappa shape index (κ1) is 13.4.